The highest BCUT2D eigenvalue weighted by molar-refractivity contribution is 5.81. The highest BCUT2D eigenvalue weighted by Gasteiger charge is 2.21. The lowest BCUT2D eigenvalue weighted by atomic mass is 10.2. The molecule has 0 aromatic heterocycles. The Morgan fingerprint density at radius 1 is 1.37 bits per heavy atom. The van der Waals surface area contributed by atoms with E-state index in [1.54, 1.807) is 6.92 Å². The highest BCUT2D eigenvalue weighted by atomic mass is 16.6. The molecule has 6 nitrogen and oxygen atoms in total. The van der Waals surface area contributed by atoms with Gasteiger partial charge in [0.2, 0.25) is 0 Å². The van der Waals surface area contributed by atoms with Crippen molar-refractivity contribution >= 4 is 11.9 Å². The lowest BCUT2D eigenvalue weighted by molar-refractivity contribution is -0.160. The minimum absolute atomic E-state index is 0.0272. The predicted octanol–water partition coefficient (Wildman–Crippen LogP) is 0.638. The second-order valence-electron chi connectivity index (χ2n) is 4.94. The number of hydrogen-bond donors (Lipinski definition) is 1. The van der Waals surface area contributed by atoms with Gasteiger partial charge in [0, 0.05) is 12.6 Å². The van der Waals surface area contributed by atoms with Crippen molar-refractivity contribution in [2.45, 2.75) is 51.9 Å². The lowest BCUT2D eigenvalue weighted by Gasteiger charge is -2.15. The Labute approximate surface area is 113 Å². The first kappa shape index (κ1) is 15.9. The van der Waals surface area contributed by atoms with Crippen LogP contribution in [0.4, 0.5) is 0 Å². The minimum atomic E-state index is -0.684. The van der Waals surface area contributed by atoms with Gasteiger partial charge < -0.3 is 19.5 Å². The molecular weight excluding hydrogens is 250 g/mol. The monoisotopic (exact) mass is 273 g/mol. The number of hydrogen-bond acceptors (Lipinski definition) is 5. The molecule has 1 heterocycles. The Hall–Kier alpha value is -1.14. The molecule has 0 aromatic rings. The van der Waals surface area contributed by atoms with Crippen molar-refractivity contribution in [3.8, 4) is 0 Å². The summed E-state index contributed by atoms with van der Waals surface area (Å²) in [5, 5.41) is 2.64. The fourth-order valence-corrected chi connectivity index (χ4v) is 1.71. The molecular formula is C13H23NO5. The van der Waals surface area contributed by atoms with Crippen LogP contribution in [0.1, 0.15) is 33.6 Å². The zero-order chi connectivity index (χ0) is 14.3. The van der Waals surface area contributed by atoms with Crippen LogP contribution in [0.3, 0.4) is 0 Å². The molecule has 1 fully saturated rings. The molecule has 0 aromatic carbocycles. The smallest absolute Gasteiger partial charge is 0.335 e. The maximum atomic E-state index is 11.6. The summed E-state index contributed by atoms with van der Waals surface area (Å²) < 4.78 is 15.6. The summed E-state index contributed by atoms with van der Waals surface area (Å²) in [5.74, 6) is -0.841. The zero-order valence-electron chi connectivity index (χ0n) is 11.8. The molecule has 6 heteroatoms. The van der Waals surface area contributed by atoms with E-state index in [4.69, 9.17) is 14.2 Å². The van der Waals surface area contributed by atoms with Crippen molar-refractivity contribution < 1.29 is 23.8 Å². The average Bonchev–Trinajstić information content (AvgIpc) is 2.85. The Balaban J connectivity index is 2.15. The molecule has 110 valence electrons. The van der Waals surface area contributed by atoms with Gasteiger partial charge in [-0.3, -0.25) is 4.79 Å². The van der Waals surface area contributed by atoms with E-state index in [0.717, 1.165) is 19.4 Å². The quantitative estimate of drug-likeness (QED) is 0.689. The Morgan fingerprint density at radius 2 is 2.11 bits per heavy atom. The molecule has 1 amide bonds. The minimum Gasteiger partial charge on any atom is -0.454 e. The second-order valence-corrected chi connectivity index (χ2v) is 4.94. The van der Waals surface area contributed by atoms with Crippen LogP contribution >= 0.6 is 0 Å². The molecule has 1 aliphatic rings. The Bertz CT molecular complexity index is 299. The van der Waals surface area contributed by atoms with Gasteiger partial charge in [0.25, 0.3) is 5.91 Å². The molecule has 0 radical (unpaired) electrons. The molecule has 2 atom stereocenters. The molecule has 0 saturated carbocycles. The summed E-state index contributed by atoms with van der Waals surface area (Å²) in [4.78, 5) is 22.9. The van der Waals surface area contributed by atoms with Gasteiger partial charge in [0.15, 0.2) is 12.7 Å². The SMILES string of the molecule is CC(C)NC(=O)COC(=O)C(C)OCC1CCCO1. The molecule has 1 rings (SSSR count). The summed E-state index contributed by atoms with van der Waals surface area (Å²) in [7, 11) is 0. The summed E-state index contributed by atoms with van der Waals surface area (Å²) in [5.41, 5.74) is 0. The van der Waals surface area contributed by atoms with E-state index in [0.29, 0.717) is 6.61 Å². The van der Waals surface area contributed by atoms with Gasteiger partial charge in [-0.05, 0) is 33.6 Å². The van der Waals surface area contributed by atoms with E-state index in [1.807, 2.05) is 13.8 Å². The van der Waals surface area contributed by atoms with Gasteiger partial charge in [-0.15, -0.1) is 0 Å². The predicted molar refractivity (Wildman–Crippen MR) is 68.6 cm³/mol. The van der Waals surface area contributed by atoms with Crippen LogP contribution in [0, 0.1) is 0 Å². The third-order valence-corrected chi connectivity index (χ3v) is 2.68. The van der Waals surface area contributed by atoms with E-state index in [-0.39, 0.29) is 24.7 Å². The summed E-state index contributed by atoms with van der Waals surface area (Å²) >= 11 is 0. The van der Waals surface area contributed by atoms with Crippen molar-refractivity contribution in [1.82, 2.24) is 5.32 Å². The first-order valence-electron chi connectivity index (χ1n) is 6.68. The molecule has 0 spiro atoms. The van der Waals surface area contributed by atoms with Crippen molar-refractivity contribution in [3.63, 3.8) is 0 Å². The van der Waals surface area contributed by atoms with Crippen LogP contribution in [0.15, 0.2) is 0 Å². The van der Waals surface area contributed by atoms with Gasteiger partial charge in [-0.25, -0.2) is 4.79 Å². The van der Waals surface area contributed by atoms with Gasteiger partial charge in [-0.2, -0.15) is 0 Å². The van der Waals surface area contributed by atoms with Gasteiger partial charge in [-0.1, -0.05) is 0 Å². The number of amides is 1. The van der Waals surface area contributed by atoms with Crippen LogP contribution in [0.5, 0.6) is 0 Å². The van der Waals surface area contributed by atoms with Crippen LogP contribution < -0.4 is 5.32 Å². The second kappa shape index (κ2) is 8.12. The van der Waals surface area contributed by atoms with Crippen molar-refractivity contribution in [1.29, 1.82) is 0 Å². The van der Waals surface area contributed by atoms with Gasteiger partial charge in [0.05, 0.1) is 12.7 Å². The van der Waals surface area contributed by atoms with Gasteiger partial charge >= 0.3 is 5.97 Å². The normalized spacial score (nSPS) is 20.3. The van der Waals surface area contributed by atoms with Crippen LogP contribution in [-0.4, -0.2) is 49.9 Å². The van der Waals surface area contributed by atoms with Crippen LogP contribution in [0.2, 0.25) is 0 Å². The molecule has 2 unspecified atom stereocenters. The lowest BCUT2D eigenvalue weighted by Crippen LogP contribution is -2.36. The number of carbonyl (C=O) groups excluding carboxylic acids is 2. The summed E-state index contributed by atoms with van der Waals surface area (Å²) in [6.07, 6.45) is 1.37. The van der Waals surface area contributed by atoms with E-state index in [2.05, 4.69) is 5.32 Å². The molecule has 1 saturated heterocycles. The number of ether oxygens (including phenoxy) is 3. The van der Waals surface area contributed by atoms with Crippen LogP contribution in [-0.2, 0) is 23.8 Å². The van der Waals surface area contributed by atoms with Gasteiger partial charge in [0.1, 0.15) is 0 Å². The van der Waals surface area contributed by atoms with Crippen LogP contribution in [0.25, 0.3) is 0 Å². The molecule has 1 N–H and O–H groups in total. The summed E-state index contributed by atoms with van der Waals surface area (Å²) in [6.45, 7) is 6.15. The van der Waals surface area contributed by atoms with E-state index >= 15 is 0 Å². The topological polar surface area (TPSA) is 73.9 Å². The van der Waals surface area contributed by atoms with E-state index in [9.17, 15) is 9.59 Å². The maximum Gasteiger partial charge on any atom is 0.335 e. The fourth-order valence-electron chi connectivity index (χ4n) is 1.71. The zero-order valence-corrected chi connectivity index (χ0v) is 11.8. The largest absolute Gasteiger partial charge is 0.454 e. The number of carbonyl (C=O) groups is 2. The number of esters is 1. The molecule has 1 aliphatic heterocycles. The fraction of sp³-hybridized carbons (Fsp3) is 0.846. The first-order valence-corrected chi connectivity index (χ1v) is 6.68. The van der Waals surface area contributed by atoms with E-state index in [1.165, 1.54) is 0 Å². The number of rotatable bonds is 7. The standard InChI is InChI=1S/C13H23NO5/c1-9(2)14-12(15)8-19-13(16)10(3)18-7-11-5-4-6-17-11/h9-11H,4-8H2,1-3H3,(H,14,15). The molecule has 0 aliphatic carbocycles. The number of nitrogens with one attached hydrogen (secondary N) is 1. The van der Waals surface area contributed by atoms with Crippen molar-refractivity contribution in [3.05, 3.63) is 0 Å². The highest BCUT2D eigenvalue weighted by Crippen LogP contribution is 2.12. The Kier molecular flexibility index (Phi) is 6.80. The third kappa shape index (κ3) is 6.54. The maximum absolute atomic E-state index is 11.6. The first-order chi connectivity index (χ1) is 8.99. The average molecular weight is 273 g/mol. The summed E-state index contributed by atoms with van der Waals surface area (Å²) in [6, 6.07) is 0.0272. The molecule has 19 heavy (non-hydrogen) atoms. The van der Waals surface area contributed by atoms with Crippen molar-refractivity contribution in [2.24, 2.45) is 0 Å². The van der Waals surface area contributed by atoms with Crippen molar-refractivity contribution in [2.75, 3.05) is 19.8 Å². The molecule has 0 bridgehead atoms. The van der Waals surface area contributed by atoms with E-state index < -0.39 is 12.1 Å². The Morgan fingerprint density at radius 3 is 2.68 bits per heavy atom. The third-order valence-electron chi connectivity index (χ3n) is 2.68.